The normalized spacial score (nSPS) is 12.7. The van der Waals surface area contributed by atoms with Gasteiger partial charge in [0.25, 0.3) is 0 Å². The van der Waals surface area contributed by atoms with Crippen molar-refractivity contribution in [3.63, 3.8) is 0 Å². The van der Waals surface area contributed by atoms with Gasteiger partial charge in [-0.3, -0.25) is 4.68 Å². The van der Waals surface area contributed by atoms with Crippen molar-refractivity contribution in [3.05, 3.63) is 132 Å². The molecule has 0 spiro atoms. The van der Waals surface area contributed by atoms with Gasteiger partial charge in [0.15, 0.2) is 0 Å². The van der Waals surface area contributed by atoms with E-state index < -0.39 is 0 Å². The number of benzene rings is 4. The molecule has 7 aromatic rings. The van der Waals surface area contributed by atoms with Crippen molar-refractivity contribution < 1.29 is 25.2 Å². The average Bonchev–Trinajstić information content (AvgIpc) is 3.66. The van der Waals surface area contributed by atoms with Crippen molar-refractivity contribution in [1.82, 2.24) is 19.3 Å². The quantitative estimate of drug-likeness (QED) is 0.129. The molecule has 0 aliphatic heterocycles. The third-order valence-corrected chi connectivity index (χ3v) is 9.94. The third-order valence-electron chi connectivity index (χ3n) is 9.94. The van der Waals surface area contributed by atoms with E-state index in [1.165, 1.54) is 22.3 Å². The molecule has 7 rings (SSSR count). The van der Waals surface area contributed by atoms with Gasteiger partial charge >= 0.3 is 20.4 Å². The number of hydrogen-bond donors (Lipinski definition) is 0. The van der Waals surface area contributed by atoms with Crippen molar-refractivity contribution in [3.8, 4) is 34.1 Å². The molecular formula is C48H52N4OPd. The van der Waals surface area contributed by atoms with Gasteiger partial charge in [-0.1, -0.05) is 131 Å². The van der Waals surface area contributed by atoms with Crippen LogP contribution in [0.15, 0.2) is 97.2 Å². The monoisotopic (exact) mass is 806 g/mol. The number of nitrogens with zero attached hydrogens (tertiary/aromatic N) is 4. The van der Waals surface area contributed by atoms with E-state index in [0.29, 0.717) is 11.5 Å². The standard InChI is InChI=1S/C48H52N4O.Pd/c1-45(2,3)32-22-20-31(21-23-32)42-43(47(7,8)9)50-52(44(42)48(10,11)12)34-16-15-17-35(29-34)53-36-24-25-38-37-18-13-14-19-39(37)51(40(38)30-36)41-28-33(26-27-49-41)46(4,5)6;/h13-28H,1-12H3;/q-2;+2. The molecular weight excluding hydrogens is 755 g/mol. The summed E-state index contributed by atoms with van der Waals surface area (Å²) in [5.74, 6) is 2.06. The second-order valence-electron chi connectivity index (χ2n) is 18.4. The summed E-state index contributed by atoms with van der Waals surface area (Å²) < 4.78 is 10.9. The Labute approximate surface area is 335 Å². The summed E-state index contributed by atoms with van der Waals surface area (Å²) >= 11 is 0. The van der Waals surface area contributed by atoms with Gasteiger partial charge in [-0.25, -0.2) is 4.98 Å². The Morgan fingerprint density at radius 2 is 1.26 bits per heavy atom. The fraction of sp³-hybridized carbons (Fsp3) is 0.333. The maximum atomic E-state index is 6.59. The van der Waals surface area contributed by atoms with Crippen LogP contribution in [0.5, 0.6) is 11.5 Å². The van der Waals surface area contributed by atoms with E-state index >= 15 is 0 Å². The minimum atomic E-state index is -0.218. The molecule has 3 aromatic heterocycles. The number of aromatic nitrogens is 4. The molecule has 0 fully saturated rings. The molecule has 0 unspecified atom stereocenters. The van der Waals surface area contributed by atoms with Crippen molar-refractivity contribution in [2.75, 3.05) is 0 Å². The van der Waals surface area contributed by atoms with Crippen molar-refractivity contribution in [1.29, 1.82) is 0 Å². The molecule has 280 valence electrons. The van der Waals surface area contributed by atoms with Crippen LogP contribution in [-0.2, 0) is 42.1 Å². The van der Waals surface area contributed by atoms with Crippen LogP contribution < -0.4 is 4.74 Å². The Hall–Kier alpha value is -4.50. The van der Waals surface area contributed by atoms with E-state index in [0.717, 1.165) is 44.7 Å². The van der Waals surface area contributed by atoms with Crippen LogP contribution in [0.3, 0.4) is 0 Å². The number of rotatable bonds is 5. The first-order chi connectivity index (χ1) is 24.8. The molecule has 4 aromatic carbocycles. The van der Waals surface area contributed by atoms with E-state index in [1.807, 2.05) is 24.4 Å². The Kier molecular flexibility index (Phi) is 10.1. The summed E-state index contributed by atoms with van der Waals surface area (Å²) in [6, 6.07) is 39.1. The summed E-state index contributed by atoms with van der Waals surface area (Å²) in [5.41, 5.74) is 9.56. The van der Waals surface area contributed by atoms with Crippen LogP contribution in [0.2, 0.25) is 0 Å². The predicted molar refractivity (Wildman–Crippen MR) is 220 cm³/mol. The van der Waals surface area contributed by atoms with Gasteiger partial charge in [0.1, 0.15) is 5.82 Å². The Balaban J connectivity index is 0.00000497. The number of ether oxygens (including phenoxy) is 1. The minimum absolute atomic E-state index is 0. The molecule has 0 atom stereocenters. The molecule has 54 heavy (non-hydrogen) atoms. The molecule has 3 heterocycles. The number of fused-ring (bicyclic) bond motifs is 3. The van der Waals surface area contributed by atoms with Gasteiger partial charge in [0, 0.05) is 39.6 Å². The Bertz CT molecular complexity index is 2460. The van der Waals surface area contributed by atoms with E-state index in [2.05, 4.69) is 177 Å². The number of hydrogen-bond acceptors (Lipinski definition) is 3. The first-order valence-electron chi connectivity index (χ1n) is 18.7. The van der Waals surface area contributed by atoms with Gasteiger partial charge < -0.3 is 9.30 Å². The van der Waals surface area contributed by atoms with E-state index in [-0.39, 0.29) is 42.1 Å². The second-order valence-corrected chi connectivity index (χ2v) is 18.4. The number of pyridine rings is 1. The zero-order chi connectivity index (χ0) is 38.1. The SMILES string of the molecule is CC(C)(C)c1ccc(-c2c(C(C)(C)C)nn(-c3[c-]c(Oc4[c-]c5c(cc4)c4ccccc4n5-c4cc(C(C)(C)C)ccn4)ccc3)c2C(C)(C)C)cc1.[Pd+2]. The van der Waals surface area contributed by atoms with Gasteiger partial charge in [-0.15, -0.1) is 35.7 Å². The van der Waals surface area contributed by atoms with Crippen LogP contribution in [0.25, 0.3) is 44.4 Å². The summed E-state index contributed by atoms with van der Waals surface area (Å²) in [4.78, 5) is 4.83. The van der Waals surface area contributed by atoms with Gasteiger partial charge in [-0.2, -0.15) is 17.2 Å². The fourth-order valence-electron chi connectivity index (χ4n) is 7.14. The molecule has 0 aliphatic rings. The predicted octanol–water partition coefficient (Wildman–Crippen LogP) is 12.6. The molecule has 0 saturated heterocycles. The minimum Gasteiger partial charge on any atom is -0.509 e. The molecule has 5 nitrogen and oxygen atoms in total. The largest absolute Gasteiger partial charge is 2.00 e. The van der Waals surface area contributed by atoms with Gasteiger partial charge in [0.2, 0.25) is 0 Å². The van der Waals surface area contributed by atoms with Crippen molar-refractivity contribution in [2.24, 2.45) is 0 Å². The first-order valence-corrected chi connectivity index (χ1v) is 18.7. The van der Waals surface area contributed by atoms with Crippen molar-refractivity contribution in [2.45, 2.75) is 105 Å². The second kappa shape index (κ2) is 14.0. The van der Waals surface area contributed by atoms with E-state index in [1.54, 1.807) is 0 Å². The van der Waals surface area contributed by atoms with E-state index in [4.69, 9.17) is 14.8 Å². The van der Waals surface area contributed by atoms with Crippen LogP contribution in [0.1, 0.15) is 106 Å². The zero-order valence-electron chi connectivity index (χ0n) is 33.8. The smallest absolute Gasteiger partial charge is 0.509 e. The molecule has 0 saturated carbocycles. The van der Waals surface area contributed by atoms with Crippen molar-refractivity contribution >= 4 is 21.8 Å². The topological polar surface area (TPSA) is 44.9 Å². The van der Waals surface area contributed by atoms with E-state index in [9.17, 15) is 0 Å². The average molecular weight is 807 g/mol. The molecule has 0 aliphatic carbocycles. The van der Waals surface area contributed by atoms with Gasteiger partial charge in [0.05, 0.1) is 11.4 Å². The molecule has 6 heteroatoms. The van der Waals surface area contributed by atoms with Gasteiger partial charge in [-0.05, 0) is 56.8 Å². The molecule has 0 N–H and O–H groups in total. The zero-order valence-corrected chi connectivity index (χ0v) is 35.3. The molecule has 0 radical (unpaired) electrons. The fourth-order valence-corrected chi connectivity index (χ4v) is 7.14. The maximum absolute atomic E-state index is 6.59. The first kappa shape index (κ1) is 39.2. The molecule has 0 bridgehead atoms. The summed E-state index contributed by atoms with van der Waals surface area (Å²) in [6.45, 7) is 26.9. The van der Waals surface area contributed by atoms with Crippen LogP contribution in [-0.4, -0.2) is 19.3 Å². The summed E-state index contributed by atoms with van der Waals surface area (Å²) in [6.07, 6.45) is 1.90. The van der Waals surface area contributed by atoms with Crippen LogP contribution >= 0.6 is 0 Å². The Morgan fingerprint density at radius 1 is 0.593 bits per heavy atom. The third kappa shape index (κ3) is 7.44. The summed E-state index contributed by atoms with van der Waals surface area (Å²) in [7, 11) is 0. The van der Waals surface area contributed by atoms with Crippen LogP contribution in [0, 0.1) is 12.1 Å². The number of para-hydroxylation sites is 1. The Morgan fingerprint density at radius 3 is 1.91 bits per heavy atom. The molecule has 0 amide bonds. The maximum Gasteiger partial charge on any atom is 2.00 e. The summed E-state index contributed by atoms with van der Waals surface area (Å²) in [5, 5.41) is 7.60. The van der Waals surface area contributed by atoms with Crippen LogP contribution in [0.4, 0.5) is 0 Å².